The van der Waals surface area contributed by atoms with E-state index in [1.165, 1.54) is 19.4 Å². The van der Waals surface area contributed by atoms with Gasteiger partial charge in [0.25, 0.3) is 5.91 Å². The van der Waals surface area contributed by atoms with E-state index in [1.807, 2.05) is 24.5 Å². The molecule has 1 saturated heterocycles. The number of likely N-dealkylation sites (tertiary alicyclic amines) is 1. The summed E-state index contributed by atoms with van der Waals surface area (Å²) in [7, 11) is 3.10. The van der Waals surface area contributed by atoms with Gasteiger partial charge in [0.2, 0.25) is 5.91 Å². The number of carbonyl (C=O) groups excluding carboxylic acids is 2. The minimum Gasteiger partial charge on any atom is -0.503 e. The highest BCUT2D eigenvalue weighted by Crippen LogP contribution is 2.31. The Morgan fingerprint density at radius 3 is 2.68 bits per heavy atom. The van der Waals surface area contributed by atoms with Gasteiger partial charge in [-0.2, -0.15) is 0 Å². The Morgan fingerprint density at radius 2 is 2.11 bits per heavy atom. The number of benzene rings is 1. The molecule has 0 spiro atoms. The first kappa shape index (κ1) is 28.2. The summed E-state index contributed by atoms with van der Waals surface area (Å²) < 4.78 is 7.23. The molecular formula is C28H35N7O3. The van der Waals surface area contributed by atoms with Gasteiger partial charge < -0.3 is 25.4 Å². The van der Waals surface area contributed by atoms with E-state index in [0.29, 0.717) is 30.7 Å². The Morgan fingerprint density at radius 1 is 1.37 bits per heavy atom. The Kier molecular flexibility index (Phi) is 8.76. The van der Waals surface area contributed by atoms with Crippen molar-refractivity contribution in [3.05, 3.63) is 66.0 Å². The summed E-state index contributed by atoms with van der Waals surface area (Å²) in [5.41, 5.74) is 12.1. The van der Waals surface area contributed by atoms with Crippen LogP contribution in [-0.4, -0.2) is 52.7 Å². The lowest BCUT2D eigenvalue weighted by Gasteiger charge is -2.21. The maximum absolute atomic E-state index is 12.5. The van der Waals surface area contributed by atoms with Gasteiger partial charge in [0.05, 0.1) is 41.5 Å². The van der Waals surface area contributed by atoms with Crippen LogP contribution in [0.3, 0.4) is 0 Å². The monoisotopic (exact) mass is 517 g/mol. The van der Waals surface area contributed by atoms with Gasteiger partial charge in [-0.1, -0.05) is 12.5 Å². The molecule has 0 saturated carbocycles. The zero-order valence-corrected chi connectivity index (χ0v) is 22.5. The Balaban J connectivity index is 1.93. The fourth-order valence-corrected chi connectivity index (χ4v) is 4.49. The number of allylic oxidation sites excluding steroid dienone is 2. The first-order valence-corrected chi connectivity index (χ1v) is 12.2. The van der Waals surface area contributed by atoms with Crippen LogP contribution in [0.2, 0.25) is 0 Å². The first-order chi connectivity index (χ1) is 18.0. The highest BCUT2D eigenvalue weighted by atomic mass is 16.5. The molecule has 10 heteroatoms. The van der Waals surface area contributed by atoms with E-state index in [1.54, 1.807) is 11.9 Å². The summed E-state index contributed by atoms with van der Waals surface area (Å²) in [6.07, 6.45) is 5.53. The van der Waals surface area contributed by atoms with Crippen LogP contribution in [0.1, 0.15) is 39.2 Å². The molecule has 2 heterocycles. The van der Waals surface area contributed by atoms with Crippen molar-refractivity contribution in [3.63, 3.8) is 0 Å². The van der Waals surface area contributed by atoms with E-state index < -0.39 is 5.91 Å². The SMILES string of the molecule is C=CC(=O)N1C[C@@H](CC(=NC)C(C(N)=O)=C(C#Cc2ccc3c(c2)ncn3C(C)(C)C)NN)C/C1=C\OC. The molecule has 5 N–H and O–H groups in total. The van der Waals surface area contributed by atoms with Crippen molar-refractivity contribution in [1.29, 1.82) is 0 Å². The quantitative estimate of drug-likeness (QED) is 0.129. The van der Waals surface area contributed by atoms with Crippen molar-refractivity contribution in [1.82, 2.24) is 19.9 Å². The van der Waals surface area contributed by atoms with Gasteiger partial charge in [-0.25, -0.2) is 10.8 Å². The molecule has 200 valence electrons. The molecule has 2 amide bonds. The van der Waals surface area contributed by atoms with Crippen LogP contribution in [0.4, 0.5) is 0 Å². The van der Waals surface area contributed by atoms with Crippen molar-refractivity contribution in [2.45, 2.75) is 39.2 Å². The van der Waals surface area contributed by atoms with Crippen molar-refractivity contribution in [2.75, 3.05) is 20.7 Å². The number of hydrogen-bond acceptors (Lipinski definition) is 7. The van der Waals surface area contributed by atoms with E-state index >= 15 is 0 Å². The average Bonchev–Trinajstić information content (AvgIpc) is 3.48. The normalized spacial score (nSPS) is 17.6. The third-order valence-corrected chi connectivity index (χ3v) is 6.26. The number of imidazole rings is 1. The second-order valence-electron chi connectivity index (χ2n) is 9.94. The van der Waals surface area contributed by atoms with Gasteiger partial charge in [0.1, 0.15) is 12.0 Å². The molecule has 38 heavy (non-hydrogen) atoms. The molecular weight excluding hydrogens is 482 g/mol. The molecule has 2 aromatic rings. The van der Waals surface area contributed by atoms with Crippen molar-refractivity contribution < 1.29 is 14.3 Å². The fraction of sp³-hybridized carbons (Fsp3) is 0.357. The maximum atomic E-state index is 12.5. The van der Waals surface area contributed by atoms with Crippen molar-refractivity contribution >= 4 is 28.6 Å². The third-order valence-electron chi connectivity index (χ3n) is 6.26. The summed E-state index contributed by atoms with van der Waals surface area (Å²) in [6, 6.07) is 5.73. The largest absolute Gasteiger partial charge is 0.503 e. The summed E-state index contributed by atoms with van der Waals surface area (Å²) in [5.74, 6) is 10.8. The summed E-state index contributed by atoms with van der Waals surface area (Å²) in [6.45, 7) is 10.3. The van der Waals surface area contributed by atoms with Crippen LogP contribution in [0.25, 0.3) is 11.0 Å². The maximum Gasteiger partial charge on any atom is 0.253 e. The first-order valence-electron chi connectivity index (χ1n) is 12.2. The smallest absolute Gasteiger partial charge is 0.253 e. The number of hydrazine groups is 1. The number of ether oxygens (including phenoxy) is 1. The van der Waals surface area contributed by atoms with Gasteiger partial charge in [0.15, 0.2) is 0 Å². The van der Waals surface area contributed by atoms with Gasteiger partial charge in [0, 0.05) is 24.7 Å². The molecule has 1 aromatic heterocycles. The number of aromatic nitrogens is 2. The van der Waals surface area contributed by atoms with Crippen molar-refractivity contribution in [3.8, 4) is 11.8 Å². The molecule has 0 radical (unpaired) electrons. The predicted octanol–water partition coefficient (Wildman–Crippen LogP) is 2.33. The lowest BCUT2D eigenvalue weighted by atomic mass is 9.94. The molecule has 0 unspecified atom stereocenters. The van der Waals surface area contributed by atoms with E-state index in [2.05, 4.69) is 59.2 Å². The van der Waals surface area contributed by atoms with Gasteiger partial charge in [-0.3, -0.25) is 14.6 Å². The summed E-state index contributed by atoms with van der Waals surface area (Å²) in [4.78, 5) is 35.3. The number of aliphatic imine (C=N–C) groups is 1. The lowest BCUT2D eigenvalue weighted by molar-refractivity contribution is -0.123. The molecule has 1 atom stereocenters. The number of nitrogens with two attached hydrogens (primary N) is 2. The van der Waals surface area contributed by atoms with Gasteiger partial charge in [-0.15, -0.1) is 0 Å². The van der Waals surface area contributed by atoms with Gasteiger partial charge >= 0.3 is 0 Å². The lowest BCUT2D eigenvalue weighted by Crippen LogP contribution is -2.31. The van der Waals surface area contributed by atoms with E-state index in [9.17, 15) is 9.59 Å². The molecule has 0 bridgehead atoms. The third kappa shape index (κ3) is 6.12. The fourth-order valence-electron chi connectivity index (χ4n) is 4.49. The Labute approximate surface area is 223 Å². The highest BCUT2D eigenvalue weighted by molar-refractivity contribution is 6.22. The van der Waals surface area contributed by atoms with Crippen LogP contribution in [0.15, 0.2) is 65.4 Å². The second-order valence-corrected chi connectivity index (χ2v) is 9.94. The number of amides is 2. The van der Waals surface area contributed by atoms with Gasteiger partial charge in [-0.05, 0) is 69.7 Å². The number of nitrogens with one attached hydrogen (secondary N) is 1. The number of rotatable bonds is 7. The predicted molar refractivity (Wildman–Crippen MR) is 148 cm³/mol. The van der Waals surface area contributed by atoms with Crippen LogP contribution in [-0.2, 0) is 19.9 Å². The van der Waals surface area contributed by atoms with E-state index in [4.69, 9.17) is 16.3 Å². The number of carbonyl (C=O) groups is 2. The number of methoxy groups -OCH3 is 1. The van der Waals surface area contributed by atoms with Crippen LogP contribution >= 0.6 is 0 Å². The number of hydrogen-bond donors (Lipinski definition) is 3. The molecule has 1 fully saturated rings. The Hall–Kier alpha value is -4.36. The topological polar surface area (TPSA) is 141 Å². The molecule has 1 aliphatic rings. The molecule has 10 nitrogen and oxygen atoms in total. The van der Waals surface area contributed by atoms with Crippen LogP contribution in [0, 0.1) is 17.8 Å². The van der Waals surface area contributed by atoms with E-state index in [0.717, 1.165) is 16.7 Å². The minimum atomic E-state index is -0.711. The number of primary amides is 1. The van der Waals surface area contributed by atoms with E-state index in [-0.39, 0.29) is 28.6 Å². The molecule has 1 aromatic carbocycles. The molecule has 0 aliphatic carbocycles. The second kappa shape index (κ2) is 11.8. The van der Waals surface area contributed by atoms with Crippen LogP contribution < -0.4 is 17.0 Å². The summed E-state index contributed by atoms with van der Waals surface area (Å²) in [5, 5.41) is 0. The Bertz CT molecular complexity index is 1400. The zero-order valence-electron chi connectivity index (χ0n) is 22.5. The summed E-state index contributed by atoms with van der Waals surface area (Å²) >= 11 is 0. The minimum absolute atomic E-state index is 0.0272. The van der Waals surface area contributed by atoms with Crippen LogP contribution in [0.5, 0.6) is 0 Å². The average molecular weight is 518 g/mol. The number of nitrogens with zero attached hydrogens (tertiary/aromatic N) is 4. The standard InChI is InChI=1S/C28H35N7O3/c1-7-25(36)34-15-19(12-20(34)16-38-6)14-23(31-5)26(27(29)37)21(33-30)10-8-18-9-11-24-22(13-18)32-17-35(24)28(2,3)4/h7,9,11,13,16-17,19,33H,1,12,14-15,30H2,2-6H3,(H2,29,37)/b20-16+,26-21?,31-23?/t19-/m1/s1. The highest BCUT2D eigenvalue weighted by Gasteiger charge is 2.32. The number of fused-ring (bicyclic) bond motifs is 1. The molecule has 1 aliphatic heterocycles. The van der Waals surface area contributed by atoms with Crippen molar-refractivity contribution in [2.24, 2.45) is 22.5 Å². The zero-order chi connectivity index (χ0) is 28.0. The molecule has 3 rings (SSSR count).